The second-order valence-electron chi connectivity index (χ2n) is 4.71. The van der Waals surface area contributed by atoms with Crippen LogP contribution in [0.2, 0.25) is 0 Å². The molecule has 108 valence electrons. The summed E-state index contributed by atoms with van der Waals surface area (Å²) < 4.78 is 18.0. The summed E-state index contributed by atoms with van der Waals surface area (Å²) in [4.78, 5) is 24.3. The van der Waals surface area contributed by atoms with Crippen molar-refractivity contribution in [3.8, 4) is 5.75 Å². The van der Waals surface area contributed by atoms with E-state index in [0.717, 1.165) is 0 Å². The van der Waals surface area contributed by atoms with Gasteiger partial charge in [0.25, 0.3) is 0 Å². The number of hydrogen-bond acceptors (Lipinski definition) is 3. The number of carbonyl (C=O) groups is 2. The predicted molar refractivity (Wildman–Crippen MR) is 70.6 cm³/mol. The summed E-state index contributed by atoms with van der Waals surface area (Å²) in [7, 11) is 0. The van der Waals surface area contributed by atoms with Crippen LogP contribution in [-0.2, 0) is 9.59 Å². The summed E-state index contributed by atoms with van der Waals surface area (Å²) in [6, 6.07) is 5.71. The third kappa shape index (κ3) is 3.69. The molecule has 2 amide bonds. The first-order chi connectivity index (χ1) is 9.56. The molecule has 0 saturated carbocycles. The zero-order valence-corrected chi connectivity index (χ0v) is 11.3. The van der Waals surface area contributed by atoms with Gasteiger partial charge in [-0.3, -0.25) is 9.59 Å². The van der Waals surface area contributed by atoms with E-state index in [-0.39, 0.29) is 23.5 Å². The number of carbonyl (C=O) groups excluding carboxylic acids is 2. The minimum atomic E-state index is -0.314. The van der Waals surface area contributed by atoms with Crippen molar-refractivity contribution in [1.82, 2.24) is 10.2 Å². The largest absolute Gasteiger partial charge is 0.492 e. The average Bonchev–Trinajstić information content (AvgIpc) is 2.34. The maximum absolute atomic E-state index is 12.7. The van der Waals surface area contributed by atoms with Crippen LogP contribution in [0.25, 0.3) is 0 Å². The summed E-state index contributed by atoms with van der Waals surface area (Å²) in [5, 5.41) is 2.75. The van der Waals surface area contributed by atoms with E-state index in [4.69, 9.17) is 4.74 Å². The maximum atomic E-state index is 12.7. The van der Waals surface area contributed by atoms with Crippen molar-refractivity contribution in [2.24, 2.45) is 5.92 Å². The fourth-order valence-corrected chi connectivity index (χ4v) is 1.92. The molecule has 20 heavy (non-hydrogen) atoms. The van der Waals surface area contributed by atoms with Crippen molar-refractivity contribution in [3.05, 3.63) is 30.1 Å². The monoisotopic (exact) mass is 280 g/mol. The predicted octanol–water partition coefficient (Wildman–Crippen LogP) is 0.799. The van der Waals surface area contributed by atoms with Crippen LogP contribution in [0.3, 0.4) is 0 Å². The molecule has 0 radical (unpaired) electrons. The SMILES string of the molecule is CC(=O)N1CC(C(=O)NCCOc2ccc(F)cc2)C1. The van der Waals surface area contributed by atoms with Gasteiger partial charge in [-0.25, -0.2) is 4.39 Å². The number of nitrogens with zero attached hydrogens (tertiary/aromatic N) is 1. The highest BCUT2D eigenvalue weighted by Crippen LogP contribution is 2.15. The fraction of sp³-hybridized carbons (Fsp3) is 0.429. The molecule has 6 heteroatoms. The zero-order valence-electron chi connectivity index (χ0n) is 11.3. The van der Waals surface area contributed by atoms with Gasteiger partial charge < -0.3 is 15.0 Å². The van der Waals surface area contributed by atoms with Gasteiger partial charge >= 0.3 is 0 Å². The van der Waals surface area contributed by atoms with Crippen LogP contribution in [-0.4, -0.2) is 43.0 Å². The first-order valence-corrected chi connectivity index (χ1v) is 6.48. The molecule has 1 aromatic carbocycles. The molecule has 1 heterocycles. The van der Waals surface area contributed by atoms with E-state index in [1.54, 1.807) is 4.90 Å². The molecular weight excluding hydrogens is 263 g/mol. The summed E-state index contributed by atoms with van der Waals surface area (Å²) >= 11 is 0. The van der Waals surface area contributed by atoms with Gasteiger partial charge in [0.1, 0.15) is 18.2 Å². The lowest BCUT2D eigenvalue weighted by atomic mass is 9.99. The highest BCUT2D eigenvalue weighted by molar-refractivity contribution is 5.83. The first kappa shape index (κ1) is 14.3. The number of benzene rings is 1. The lowest BCUT2D eigenvalue weighted by molar-refractivity contribution is -0.141. The molecule has 0 aliphatic carbocycles. The van der Waals surface area contributed by atoms with Crippen LogP contribution in [0, 0.1) is 11.7 Å². The normalized spacial score (nSPS) is 14.6. The number of nitrogens with one attached hydrogen (secondary N) is 1. The summed E-state index contributed by atoms with van der Waals surface area (Å²) in [6.07, 6.45) is 0. The highest BCUT2D eigenvalue weighted by Gasteiger charge is 2.33. The number of rotatable bonds is 5. The second kappa shape index (κ2) is 6.36. The molecule has 0 unspecified atom stereocenters. The van der Waals surface area contributed by atoms with Crippen molar-refractivity contribution in [2.75, 3.05) is 26.2 Å². The molecule has 1 aliphatic rings. The molecule has 2 rings (SSSR count). The Bertz CT molecular complexity index is 484. The van der Waals surface area contributed by atoms with E-state index in [9.17, 15) is 14.0 Å². The van der Waals surface area contributed by atoms with Crippen molar-refractivity contribution in [1.29, 1.82) is 0 Å². The van der Waals surface area contributed by atoms with Crippen LogP contribution < -0.4 is 10.1 Å². The standard InChI is InChI=1S/C14H17FN2O3/c1-10(18)17-8-11(9-17)14(19)16-6-7-20-13-4-2-12(15)3-5-13/h2-5,11H,6-9H2,1H3,(H,16,19). The zero-order chi connectivity index (χ0) is 14.5. The first-order valence-electron chi connectivity index (χ1n) is 6.48. The second-order valence-corrected chi connectivity index (χ2v) is 4.71. The molecule has 0 bridgehead atoms. The smallest absolute Gasteiger partial charge is 0.226 e. The lowest BCUT2D eigenvalue weighted by Gasteiger charge is -2.37. The van der Waals surface area contributed by atoms with E-state index in [1.165, 1.54) is 31.2 Å². The van der Waals surface area contributed by atoms with Gasteiger partial charge in [0.2, 0.25) is 11.8 Å². The Labute approximate surface area is 116 Å². The number of hydrogen-bond donors (Lipinski definition) is 1. The summed E-state index contributed by atoms with van der Waals surface area (Å²) in [6.45, 7) is 3.16. The van der Waals surface area contributed by atoms with E-state index in [0.29, 0.717) is 32.0 Å². The Morgan fingerprint density at radius 1 is 1.35 bits per heavy atom. The Kier molecular flexibility index (Phi) is 4.55. The van der Waals surface area contributed by atoms with Crippen LogP contribution in [0.1, 0.15) is 6.92 Å². The molecule has 1 saturated heterocycles. The molecule has 1 N–H and O–H groups in total. The van der Waals surface area contributed by atoms with Gasteiger partial charge in [0.05, 0.1) is 12.5 Å². The average molecular weight is 280 g/mol. The minimum absolute atomic E-state index is 0.00584. The Morgan fingerprint density at radius 2 is 2.00 bits per heavy atom. The molecule has 0 aromatic heterocycles. The van der Waals surface area contributed by atoms with Gasteiger partial charge in [-0.1, -0.05) is 0 Å². The molecule has 5 nitrogen and oxygen atoms in total. The topological polar surface area (TPSA) is 58.6 Å². The number of halogens is 1. The summed E-state index contributed by atoms with van der Waals surface area (Å²) in [5.74, 6) is 0.0568. The van der Waals surface area contributed by atoms with Crippen molar-refractivity contribution >= 4 is 11.8 Å². The molecule has 0 atom stereocenters. The van der Waals surface area contributed by atoms with E-state index >= 15 is 0 Å². The minimum Gasteiger partial charge on any atom is -0.492 e. The van der Waals surface area contributed by atoms with Crippen molar-refractivity contribution < 1.29 is 18.7 Å². The van der Waals surface area contributed by atoms with Crippen LogP contribution in [0.5, 0.6) is 5.75 Å². The Hall–Kier alpha value is -2.11. The van der Waals surface area contributed by atoms with E-state index in [1.807, 2.05) is 0 Å². The van der Waals surface area contributed by atoms with Gasteiger partial charge in [0, 0.05) is 20.0 Å². The third-order valence-corrected chi connectivity index (χ3v) is 3.18. The molecule has 1 aromatic rings. The Morgan fingerprint density at radius 3 is 2.60 bits per heavy atom. The number of ether oxygens (including phenoxy) is 1. The van der Waals surface area contributed by atoms with Gasteiger partial charge in [-0.05, 0) is 24.3 Å². The third-order valence-electron chi connectivity index (χ3n) is 3.18. The van der Waals surface area contributed by atoms with Crippen LogP contribution in [0.4, 0.5) is 4.39 Å². The molecule has 0 spiro atoms. The fourth-order valence-electron chi connectivity index (χ4n) is 1.92. The van der Waals surface area contributed by atoms with Crippen molar-refractivity contribution in [2.45, 2.75) is 6.92 Å². The van der Waals surface area contributed by atoms with Gasteiger partial charge in [-0.2, -0.15) is 0 Å². The van der Waals surface area contributed by atoms with Gasteiger partial charge in [0.15, 0.2) is 0 Å². The van der Waals surface area contributed by atoms with Crippen LogP contribution >= 0.6 is 0 Å². The van der Waals surface area contributed by atoms with E-state index < -0.39 is 0 Å². The number of amides is 2. The van der Waals surface area contributed by atoms with Crippen LogP contribution in [0.15, 0.2) is 24.3 Å². The van der Waals surface area contributed by atoms with E-state index in [2.05, 4.69) is 5.32 Å². The molecule has 1 aliphatic heterocycles. The highest BCUT2D eigenvalue weighted by atomic mass is 19.1. The van der Waals surface area contributed by atoms with Gasteiger partial charge in [-0.15, -0.1) is 0 Å². The number of likely N-dealkylation sites (tertiary alicyclic amines) is 1. The summed E-state index contributed by atoms with van der Waals surface area (Å²) in [5.41, 5.74) is 0. The molecule has 1 fully saturated rings. The van der Waals surface area contributed by atoms with Crippen molar-refractivity contribution in [3.63, 3.8) is 0 Å². The Balaban J connectivity index is 1.61. The molecular formula is C14H17FN2O3. The quantitative estimate of drug-likeness (QED) is 0.812. The maximum Gasteiger partial charge on any atom is 0.226 e. The lowest BCUT2D eigenvalue weighted by Crippen LogP contribution is -2.55.